The van der Waals surface area contributed by atoms with Crippen LogP contribution < -0.4 is 0 Å². The summed E-state index contributed by atoms with van der Waals surface area (Å²) < 4.78 is 13.4. The van der Waals surface area contributed by atoms with Crippen LogP contribution in [0.25, 0.3) is 11.1 Å². The zero-order valence-electron chi connectivity index (χ0n) is 8.22. The van der Waals surface area contributed by atoms with Crippen LogP contribution >= 0.6 is 0 Å². The van der Waals surface area contributed by atoms with Crippen molar-refractivity contribution in [1.29, 1.82) is 0 Å². The number of hydrogen-bond donors (Lipinski definition) is 1. The predicted molar refractivity (Wildman–Crippen MR) is 56.6 cm³/mol. The van der Waals surface area contributed by atoms with E-state index in [1.54, 1.807) is 30.6 Å². The van der Waals surface area contributed by atoms with E-state index in [0.717, 1.165) is 5.56 Å². The van der Waals surface area contributed by atoms with Crippen LogP contribution in [-0.4, -0.2) is 16.1 Å². The van der Waals surface area contributed by atoms with E-state index in [1.165, 1.54) is 12.1 Å². The number of carboxylic acid groups (broad SMARTS) is 1. The number of benzene rings is 1. The standard InChI is InChI=1S/C12H8FNO2/c13-11-7-9(1-2-10(11)12(15)16)8-3-5-14-6-4-8/h1-7H,(H,15,16). The highest BCUT2D eigenvalue weighted by molar-refractivity contribution is 5.88. The van der Waals surface area contributed by atoms with Crippen LogP contribution in [0.15, 0.2) is 42.7 Å². The second kappa shape index (κ2) is 4.10. The van der Waals surface area contributed by atoms with Gasteiger partial charge in [0.1, 0.15) is 5.82 Å². The van der Waals surface area contributed by atoms with Crippen molar-refractivity contribution in [2.75, 3.05) is 0 Å². The van der Waals surface area contributed by atoms with Crippen molar-refractivity contribution in [3.8, 4) is 11.1 Å². The SMILES string of the molecule is O=C(O)c1ccc(-c2ccncc2)cc1F. The van der Waals surface area contributed by atoms with Gasteiger partial charge >= 0.3 is 5.97 Å². The van der Waals surface area contributed by atoms with E-state index < -0.39 is 11.8 Å². The van der Waals surface area contributed by atoms with Crippen molar-refractivity contribution in [2.45, 2.75) is 0 Å². The zero-order chi connectivity index (χ0) is 11.5. The third-order valence-electron chi connectivity index (χ3n) is 2.21. The van der Waals surface area contributed by atoms with Crippen LogP contribution in [-0.2, 0) is 0 Å². The monoisotopic (exact) mass is 217 g/mol. The fourth-order valence-electron chi connectivity index (χ4n) is 1.41. The molecule has 1 aromatic carbocycles. The zero-order valence-corrected chi connectivity index (χ0v) is 8.22. The first-order valence-corrected chi connectivity index (χ1v) is 4.62. The molecule has 0 radical (unpaired) electrons. The number of hydrogen-bond acceptors (Lipinski definition) is 2. The Morgan fingerprint density at radius 2 is 1.81 bits per heavy atom. The van der Waals surface area contributed by atoms with Gasteiger partial charge in [0, 0.05) is 12.4 Å². The van der Waals surface area contributed by atoms with Crippen LogP contribution in [0.1, 0.15) is 10.4 Å². The third-order valence-corrected chi connectivity index (χ3v) is 2.21. The minimum Gasteiger partial charge on any atom is -0.478 e. The average molecular weight is 217 g/mol. The van der Waals surface area contributed by atoms with Gasteiger partial charge in [0.15, 0.2) is 0 Å². The lowest BCUT2D eigenvalue weighted by Gasteiger charge is -2.03. The van der Waals surface area contributed by atoms with Crippen LogP contribution in [0.3, 0.4) is 0 Å². The van der Waals surface area contributed by atoms with Crippen LogP contribution in [0, 0.1) is 5.82 Å². The van der Waals surface area contributed by atoms with Gasteiger partial charge in [0.05, 0.1) is 5.56 Å². The molecule has 1 N–H and O–H groups in total. The summed E-state index contributed by atoms with van der Waals surface area (Å²) in [4.78, 5) is 14.5. The Morgan fingerprint density at radius 3 is 2.38 bits per heavy atom. The highest BCUT2D eigenvalue weighted by atomic mass is 19.1. The van der Waals surface area contributed by atoms with E-state index in [1.807, 2.05) is 0 Å². The first-order valence-electron chi connectivity index (χ1n) is 4.62. The van der Waals surface area contributed by atoms with E-state index in [2.05, 4.69) is 4.98 Å². The fourth-order valence-corrected chi connectivity index (χ4v) is 1.41. The maximum absolute atomic E-state index is 13.4. The molecule has 1 heterocycles. The third kappa shape index (κ3) is 1.91. The van der Waals surface area contributed by atoms with Crippen molar-refractivity contribution in [1.82, 2.24) is 4.98 Å². The Hall–Kier alpha value is -2.23. The summed E-state index contributed by atoms with van der Waals surface area (Å²) >= 11 is 0. The minimum absolute atomic E-state index is 0.321. The Labute approximate surface area is 91.2 Å². The number of aromatic nitrogens is 1. The van der Waals surface area contributed by atoms with E-state index in [-0.39, 0.29) is 5.56 Å². The molecule has 0 atom stereocenters. The molecule has 2 rings (SSSR count). The molecular formula is C12H8FNO2. The quantitative estimate of drug-likeness (QED) is 0.841. The van der Waals surface area contributed by atoms with Crippen molar-refractivity contribution >= 4 is 5.97 Å². The molecule has 0 saturated heterocycles. The van der Waals surface area contributed by atoms with Gasteiger partial charge in [-0.25, -0.2) is 9.18 Å². The number of pyridine rings is 1. The van der Waals surface area contributed by atoms with Gasteiger partial charge in [-0.3, -0.25) is 4.98 Å². The van der Waals surface area contributed by atoms with Crippen LogP contribution in [0.5, 0.6) is 0 Å². The van der Waals surface area contributed by atoms with Gasteiger partial charge in [-0.1, -0.05) is 6.07 Å². The highest BCUT2D eigenvalue weighted by Crippen LogP contribution is 2.21. The molecule has 16 heavy (non-hydrogen) atoms. The van der Waals surface area contributed by atoms with E-state index >= 15 is 0 Å². The number of carboxylic acids is 1. The molecule has 0 amide bonds. The van der Waals surface area contributed by atoms with Crippen molar-refractivity contribution in [2.24, 2.45) is 0 Å². The minimum atomic E-state index is -1.27. The lowest BCUT2D eigenvalue weighted by atomic mass is 10.0. The van der Waals surface area contributed by atoms with Crippen LogP contribution in [0.2, 0.25) is 0 Å². The molecule has 0 aliphatic heterocycles. The molecule has 2 aromatic rings. The van der Waals surface area contributed by atoms with Gasteiger partial charge < -0.3 is 5.11 Å². The smallest absolute Gasteiger partial charge is 0.338 e. The lowest BCUT2D eigenvalue weighted by Crippen LogP contribution is -2.00. The summed E-state index contributed by atoms with van der Waals surface area (Å²) in [7, 11) is 0. The topological polar surface area (TPSA) is 50.2 Å². The average Bonchev–Trinajstić information content (AvgIpc) is 2.29. The van der Waals surface area contributed by atoms with Gasteiger partial charge in [-0.15, -0.1) is 0 Å². The maximum Gasteiger partial charge on any atom is 0.338 e. The first-order chi connectivity index (χ1) is 7.68. The first kappa shape index (κ1) is 10.3. The lowest BCUT2D eigenvalue weighted by molar-refractivity contribution is 0.0692. The molecule has 3 nitrogen and oxygen atoms in total. The Kier molecular flexibility index (Phi) is 2.64. The fraction of sp³-hybridized carbons (Fsp3) is 0. The molecular weight excluding hydrogens is 209 g/mol. The van der Waals surface area contributed by atoms with Crippen molar-refractivity contribution in [3.05, 3.63) is 54.1 Å². The number of nitrogens with zero attached hydrogens (tertiary/aromatic N) is 1. The normalized spacial score (nSPS) is 10.1. The number of carbonyl (C=O) groups is 1. The summed E-state index contributed by atoms with van der Waals surface area (Å²) in [5.74, 6) is -2.00. The summed E-state index contributed by atoms with van der Waals surface area (Å²) in [5, 5.41) is 8.68. The molecule has 0 unspecified atom stereocenters. The van der Waals surface area contributed by atoms with Crippen molar-refractivity contribution < 1.29 is 14.3 Å². The second-order valence-corrected chi connectivity index (χ2v) is 3.24. The Morgan fingerprint density at radius 1 is 1.12 bits per heavy atom. The van der Waals surface area contributed by atoms with Gasteiger partial charge in [-0.05, 0) is 35.4 Å². The molecule has 0 fully saturated rings. The number of halogens is 1. The number of aromatic carboxylic acids is 1. The van der Waals surface area contributed by atoms with Gasteiger partial charge in [0.25, 0.3) is 0 Å². The molecule has 1 aromatic heterocycles. The van der Waals surface area contributed by atoms with Crippen molar-refractivity contribution in [3.63, 3.8) is 0 Å². The molecule has 0 spiro atoms. The Bertz CT molecular complexity index is 526. The summed E-state index contributed by atoms with van der Waals surface area (Å²) in [6.07, 6.45) is 3.19. The van der Waals surface area contributed by atoms with Gasteiger partial charge in [0.2, 0.25) is 0 Å². The predicted octanol–water partition coefficient (Wildman–Crippen LogP) is 2.59. The largest absolute Gasteiger partial charge is 0.478 e. The molecule has 0 saturated carbocycles. The summed E-state index contributed by atoms with van der Waals surface area (Å²) in [6.45, 7) is 0. The summed E-state index contributed by atoms with van der Waals surface area (Å²) in [6, 6.07) is 7.50. The Balaban J connectivity index is 2.46. The van der Waals surface area contributed by atoms with Crippen LogP contribution in [0.4, 0.5) is 4.39 Å². The maximum atomic E-state index is 13.4. The van der Waals surface area contributed by atoms with E-state index in [9.17, 15) is 9.18 Å². The molecule has 0 bridgehead atoms. The molecule has 80 valence electrons. The van der Waals surface area contributed by atoms with E-state index in [0.29, 0.717) is 5.56 Å². The molecule has 0 aliphatic carbocycles. The number of rotatable bonds is 2. The highest BCUT2D eigenvalue weighted by Gasteiger charge is 2.10. The molecule has 0 aliphatic rings. The van der Waals surface area contributed by atoms with Gasteiger partial charge in [-0.2, -0.15) is 0 Å². The van der Waals surface area contributed by atoms with E-state index in [4.69, 9.17) is 5.11 Å². The summed E-state index contributed by atoms with van der Waals surface area (Å²) in [5.41, 5.74) is 1.11. The molecule has 4 heteroatoms. The second-order valence-electron chi connectivity index (χ2n) is 3.24.